The third-order valence-electron chi connectivity index (χ3n) is 5.34. The van der Waals surface area contributed by atoms with Gasteiger partial charge in [-0.1, -0.05) is 13.8 Å². The van der Waals surface area contributed by atoms with Crippen LogP contribution in [0.4, 0.5) is 5.69 Å². The third-order valence-corrected chi connectivity index (χ3v) is 5.68. The summed E-state index contributed by atoms with van der Waals surface area (Å²) in [5.74, 6) is 0.366. The van der Waals surface area contributed by atoms with Crippen LogP contribution in [0.3, 0.4) is 0 Å². The Morgan fingerprint density at radius 2 is 1.67 bits per heavy atom. The van der Waals surface area contributed by atoms with E-state index in [1.165, 1.54) is 6.08 Å². The third kappa shape index (κ3) is 7.08. The quantitative estimate of drug-likeness (QED) is 0.209. The number of rotatable bonds is 11. The first-order valence-corrected chi connectivity index (χ1v) is 12.0. The SMILES string of the molecule is CC1=C(C(C)(C)CC(=O)Oc2ccc(N(CCCl)CCCl)cc2)C(=O)C(NC(C)C)=CC1=O. The van der Waals surface area contributed by atoms with E-state index in [1.807, 2.05) is 30.9 Å². The van der Waals surface area contributed by atoms with Gasteiger partial charge in [0, 0.05) is 59.2 Å². The average Bonchev–Trinajstić information content (AvgIpc) is 2.71. The minimum atomic E-state index is -0.885. The average molecular weight is 495 g/mol. The van der Waals surface area contributed by atoms with Gasteiger partial charge in [0.1, 0.15) is 5.75 Å². The molecule has 8 heteroatoms. The van der Waals surface area contributed by atoms with E-state index < -0.39 is 11.4 Å². The van der Waals surface area contributed by atoms with Crippen LogP contribution in [-0.2, 0) is 14.4 Å². The zero-order valence-electron chi connectivity index (χ0n) is 19.8. The molecule has 0 atom stereocenters. The number of anilines is 1. The van der Waals surface area contributed by atoms with Crippen molar-refractivity contribution in [3.05, 3.63) is 47.2 Å². The number of carbonyl (C=O) groups is 3. The van der Waals surface area contributed by atoms with Crippen LogP contribution >= 0.6 is 23.2 Å². The smallest absolute Gasteiger partial charge is 0.312 e. The van der Waals surface area contributed by atoms with Crippen molar-refractivity contribution in [2.24, 2.45) is 5.41 Å². The van der Waals surface area contributed by atoms with Crippen LogP contribution in [0.5, 0.6) is 5.75 Å². The molecule has 2 rings (SSSR count). The summed E-state index contributed by atoms with van der Waals surface area (Å²) in [6, 6.07) is 7.11. The second-order valence-electron chi connectivity index (χ2n) is 8.94. The minimum absolute atomic E-state index is 0.00602. The van der Waals surface area contributed by atoms with Crippen molar-refractivity contribution in [2.75, 3.05) is 29.7 Å². The Morgan fingerprint density at radius 1 is 1.09 bits per heavy atom. The van der Waals surface area contributed by atoms with Crippen molar-refractivity contribution in [3.8, 4) is 5.75 Å². The Bertz CT molecular complexity index is 944. The van der Waals surface area contributed by atoms with Crippen LogP contribution in [0.1, 0.15) is 41.0 Å². The van der Waals surface area contributed by atoms with Crippen LogP contribution < -0.4 is 15.0 Å². The van der Waals surface area contributed by atoms with E-state index in [1.54, 1.807) is 32.9 Å². The van der Waals surface area contributed by atoms with E-state index in [4.69, 9.17) is 27.9 Å². The number of benzene rings is 1. The lowest BCUT2D eigenvalue weighted by atomic mass is 9.73. The number of hydrogen-bond acceptors (Lipinski definition) is 6. The predicted octanol–water partition coefficient (Wildman–Crippen LogP) is 4.64. The molecule has 0 bridgehead atoms. The van der Waals surface area contributed by atoms with Gasteiger partial charge in [0.15, 0.2) is 5.78 Å². The van der Waals surface area contributed by atoms with Gasteiger partial charge in [-0.05, 0) is 45.0 Å². The first-order chi connectivity index (χ1) is 15.5. The second-order valence-corrected chi connectivity index (χ2v) is 9.70. The highest BCUT2D eigenvalue weighted by molar-refractivity contribution is 6.23. The summed E-state index contributed by atoms with van der Waals surface area (Å²) < 4.78 is 5.53. The molecule has 0 amide bonds. The number of Topliss-reactive ketones (excluding diaryl/α,β-unsaturated/α-hetero) is 1. The number of ketones is 2. The standard InChI is InChI=1S/C25H32Cl2N2O4/c1-16(2)28-20-14-21(30)17(3)23(24(20)32)25(4,5)15-22(31)33-19-8-6-18(7-9-19)29(12-10-26)13-11-27/h6-9,14,16,28H,10-13,15H2,1-5H3. The monoisotopic (exact) mass is 494 g/mol. The summed E-state index contributed by atoms with van der Waals surface area (Å²) in [5.41, 5.74) is 0.994. The van der Waals surface area contributed by atoms with Crippen LogP contribution in [0, 0.1) is 5.41 Å². The molecule has 33 heavy (non-hydrogen) atoms. The molecule has 0 fully saturated rings. The Morgan fingerprint density at radius 3 is 2.18 bits per heavy atom. The number of alkyl halides is 2. The van der Waals surface area contributed by atoms with Gasteiger partial charge in [-0.3, -0.25) is 14.4 Å². The fourth-order valence-electron chi connectivity index (χ4n) is 3.88. The lowest BCUT2D eigenvalue weighted by Gasteiger charge is -2.31. The molecule has 0 unspecified atom stereocenters. The van der Waals surface area contributed by atoms with E-state index in [0.29, 0.717) is 41.7 Å². The maximum Gasteiger partial charge on any atom is 0.312 e. The van der Waals surface area contributed by atoms with Crippen LogP contribution in [0.2, 0.25) is 0 Å². The van der Waals surface area contributed by atoms with E-state index in [0.717, 1.165) is 5.69 Å². The van der Waals surface area contributed by atoms with Crippen molar-refractivity contribution < 1.29 is 19.1 Å². The molecule has 0 saturated carbocycles. The van der Waals surface area contributed by atoms with E-state index in [-0.39, 0.29) is 29.7 Å². The van der Waals surface area contributed by atoms with Gasteiger partial charge in [0.05, 0.1) is 12.1 Å². The highest BCUT2D eigenvalue weighted by atomic mass is 35.5. The van der Waals surface area contributed by atoms with Crippen LogP contribution in [0.15, 0.2) is 47.2 Å². The zero-order chi connectivity index (χ0) is 24.8. The lowest BCUT2D eigenvalue weighted by Crippen LogP contribution is -2.37. The summed E-state index contributed by atoms with van der Waals surface area (Å²) in [7, 11) is 0. The molecule has 1 aromatic rings. The highest BCUT2D eigenvalue weighted by Crippen LogP contribution is 2.37. The molecule has 1 aliphatic carbocycles. The van der Waals surface area contributed by atoms with Crippen molar-refractivity contribution in [1.29, 1.82) is 0 Å². The summed E-state index contributed by atoms with van der Waals surface area (Å²) in [4.78, 5) is 40.4. The van der Waals surface area contributed by atoms with Crippen LogP contribution in [-0.4, -0.2) is 48.4 Å². The van der Waals surface area contributed by atoms with Gasteiger partial charge in [-0.15, -0.1) is 23.2 Å². The maximum atomic E-state index is 13.1. The molecular weight excluding hydrogens is 463 g/mol. The number of nitrogens with zero attached hydrogens (tertiary/aromatic N) is 1. The predicted molar refractivity (Wildman–Crippen MR) is 133 cm³/mol. The molecule has 0 spiro atoms. The molecule has 6 nitrogen and oxygen atoms in total. The summed E-state index contributed by atoms with van der Waals surface area (Å²) in [6.07, 6.45) is 1.27. The molecule has 0 aromatic heterocycles. The summed E-state index contributed by atoms with van der Waals surface area (Å²) in [6.45, 7) is 10.3. The number of hydrogen-bond donors (Lipinski definition) is 1. The number of nitrogens with one attached hydrogen (secondary N) is 1. The summed E-state index contributed by atoms with van der Waals surface area (Å²) >= 11 is 11.7. The van der Waals surface area contributed by atoms with Gasteiger partial charge < -0.3 is 15.0 Å². The Kier molecular flexibility index (Phi) is 9.56. The zero-order valence-corrected chi connectivity index (χ0v) is 21.3. The lowest BCUT2D eigenvalue weighted by molar-refractivity contribution is -0.136. The largest absolute Gasteiger partial charge is 0.427 e. The first-order valence-electron chi connectivity index (χ1n) is 11.0. The van der Waals surface area contributed by atoms with Gasteiger partial charge in [-0.2, -0.15) is 0 Å². The fourth-order valence-corrected chi connectivity index (χ4v) is 4.29. The van der Waals surface area contributed by atoms with Crippen molar-refractivity contribution in [2.45, 2.75) is 47.1 Å². The molecule has 0 radical (unpaired) electrons. The maximum absolute atomic E-state index is 13.1. The number of carbonyl (C=O) groups excluding carboxylic acids is 3. The topological polar surface area (TPSA) is 75.7 Å². The molecule has 0 saturated heterocycles. The number of esters is 1. The van der Waals surface area contributed by atoms with E-state index in [2.05, 4.69) is 5.32 Å². The van der Waals surface area contributed by atoms with E-state index in [9.17, 15) is 14.4 Å². The minimum Gasteiger partial charge on any atom is -0.427 e. The van der Waals surface area contributed by atoms with Crippen molar-refractivity contribution in [1.82, 2.24) is 5.32 Å². The Hall–Kier alpha value is -2.31. The first kappa shape index (κ1) is 26.9. The Balaban J connectivity index is 2.13. The fraction of sp³-hybridized carbons (Fsp3) is 0.480. The number of allylic oxidation sites excluding steroid dienone is 3. The molecule has 180 valence electrons. The van der Waals surface area contributed by atoms with Gasteiger partial charge in [0.25, 0.3) is 0 Å². The number of ether oxygens (including phenoxy) is 1. The molecule has 0 heterocycles. The van der Waals surface area contributed by atoms with Crippen molar-refractivity contribution in [3.63, 3.8) is 0 Å². The molecule has 0 aliphatic heterocycles. The molecule has 1 aliphatic rings. The normalized spacial score (nSPS) is 14.5. The molecule has 1 aromatic carbocycles. The molecule has 1 N–H and O–H groups in total. The van der Waals surface area contributed by atoms with Crippen molar-refractivity contribution >= 4 is 46.4 Å². The second kappa shape index (κ2) is 11.7. The van der Waals surface area contributed by atoms with E-state index >= 15 is 0 Å². The van der Waals surface area contributed by atoms with Gasteiger partial charge in [-0.25, -0.2) is 0 Å². The Labute approximate surface area is 205 Å². The highest BCUT2D eigenvalue weighted by Gasteiger charge is 2.38. The van der Waals surface area contributed by atoms with Gasteiger partial charge in [0.2, 0.25) is 5.78 Å². The van der Waals surface area contributed by atoms with Crippen LogP contribution in [0.25, 0.3) is 0 Å². The summed E-state index contributed by atoms with van der Waals surface area (Å²) in [5, 5.41) is 3.03. The number of halogens is 2. The van der Waals surface area contributed by atoms with Gasteiger partial charge >= 0.3 is 5.97 Å². The molecular formula is C25H32Cl2N2O4.